The van der Waals surface area contributed by atoms with Crippen LogP contribution in [0.2, 0.25) is 0 Å². The number of likely N-dealkylation sites (tertiary alicyclic amines) is 1. The molecule has 1 fully saturated rings. The van der Waals surface area contributed by atoms with E-state index in [9.17, 15) is 14.7 Å². The van der Waals surface area contributed by atoms with Crippen LogP contribution in [-0.4, -0.2) is 41.6 Å². The minimum absolute atomic E-state index is 0.0986. The fourth-order valence-corrected chi connectivity index (χ4v) is 2.75. The molecule has 1 aromatic rings. The number of phenols is 1. The Balaban J connectivity index is 2.27. The van der Waals surface area contributed by atoms with Crippen LogP contribution in [0, 0.1) is 0 Å². The van der Waals surface area contributed by atoms with E-state index >= 15 is 0 Å². The molecule has 6 heteroatoms. The first-order valence-corrected chi connectivity index (χ1v) is 7.21. The van der Waals surface area contributed by atoms with Gasteiger partial charge < -0.3 is 14.7 Å². The first-order valence-electron chi connectivity index (χ1n) is 6.42. The van der Waals surface area contributed by atoms with Crippen LogP contribution in [0.15, 0.2) is 22.7 Å². The van der Waals surface area contributed by atoms with Crippen LogP contribution in [0.25, 0.3) is 0 Å². The molecule has 2 rings (SSSR count). The van der Waals surface area contributed by atoms with E-state index in [0.717, 1.165) is 12.8 Å². The van der Waals surface area contributed by atoms with Crippen LogP contribution < -0.4 is 0 Å². The third kappa shape index (κ3) is 2.95. The van der Waals surface area contributed by atoms with E-state index in [4.69, 9.17) is 4.74 Å². The number of methoxy groups -OCH3 is 1. The number of ether oxygens (including phenoxy) is 1. The van der Waals surface area contributed by atoms with Crippen LogP contribution in [0.3, 0.4) is 0 Å². The maximum Gasteiger partial charge on any atom is 0.328 e. The molecule has 108 valence electrons. The molecule has 1 saturated heterocycles. The fraction of sp³-hybridized carbons (Fsp3) is 0.429. The molecule has 1 heterocycles. The van der Waals surface area contributed by atoms with Crippen molar-refractivity contribution in [2.45, 2.75) is 25.3 Å². The van der Waals surface area contributed by atoms with E-state index in [2.05, 4.69) is 15.9 Å². The van der Waals surface area contributed by atoms with Gasteiger partial charge in [0, 0.05) is 11.0 Å². The predicted molar refractivity (Wildman–Crippen MR) is 76.5 cm³/mol. The summed E-state index contributed by atoms with van der Waals surface area (Å²) < 4.78 is 5.44. The minimum atomic E-state index is -0.565. The van der Waals surface area contributed by atoms with Crippen molar-refractivity contribution >= 4 is 27.8 Å². The van der Waals surface area contributed by atoms with Gasteiger partial charge in [-0.15, -0.1) is 0 Å². The van der Waals surface area contributed by atoms with E-state index in [1.165, 1.54) is 18.1 Å². The zero-order chi connectivity index (χ0) is 14.7. The van der Waals surface area contributed by atoms with Gasteiger partial charge in [0.1, 0.15) is 11.8 Å². The molecule has 1 aliphatic heterocycles. The van der Waals surface area contributed by atoms with Crippen LogP contribution in [0.1, 0.15) is 29.6 Å². The predicted octanol–water partition coefficient (Wildman–Crippen LogP) is 2.32. The largest absolute Gasteiger partial charge is 0.507 e. The Bertz CT molecular complexity index is 532. The van der Waals surface area contributed by atoms with Gasteiger partial charge in [-0.1, -0.05) is 15.9 Å². The third-order valence-corrected chi connectivity index (χ3v) is 3.92. The number of piperidine rings is 1. The summed E-state index contributed by atoms with van der Waals surface area (Å²) in [5.74, 6) is -0.849. The number of rotatable bonds is 2. The molecule has 0 radical (unpaired) electrons. The number of benzene rings is 1. The number of carbonyl (C=O) groups is 2. The van der Waals surface area contributed by atoms with Gasteiger partial charge in [-0.05, 0) is 37.5 Å². The van der Waals surface area contributed by atoms with Crippen molar-refractivity contribution in [2.24, 2.45) is 0 Å². The molecular formula is C14H16BrNO4. The summed E-state index contributed by atoms with van der Waals surface area (Å²) in [5.41, 5.74) is 0.198. The van der Waals surface area contributed by atoms with Gasteiger partial charge in [0.25, 0.3) is 5.91 Å². The van der Waals surface area contributed by atoms with Crippen molar-refractivity contribution in [3.63, 3.8) is 0 Å². The average Bonchev–Trinajstić information content (AvgIpc) is 2.46. The maximum absolute atomic E-state index is 12.5. The van der Waals surface area contributed by atoms with Crippen LogP contribution in [-0.2, 0) is 9.53 Å². The van der Waals surface area contributed by atoms with Gasteiger partial charge >= 0.3 is 5.97 Å². The highest BCUT2D eigenvalue weighted by atomic mass is 79.9. The number of hydrogen-bond donors (Lipinski definition) is 1. The zero-order valence-corrected chi connectivity index (χ0v) is 12.7. The Morgan fingerprint density at radius 3 is 2.80 bits per heavy atom. The molecule has 20 heavy (non-hydrogen) atoms. The first-order chi connectivity index (χ1) is 9.54. The van der Waals surface area contributed by atoms with Crippen LogP contribution in [0.4, 0.5) is 0 Å². The number of phenolic OH excluding ortho intramolecular Hbond substituents is 1. The molecule has 1 aliphatic rings. The maximum atomic E-state index is 12.5. The number of amides is 1. The second-order valence-electron chi connectivity index (χ2n) is 4.69. The third-order valence-electron chi connectivity index (χ3n) is 3.43. The first kappa shape index (κ1) is 14.8. The molecule has 1 atom stereocenters. The van der Waals surface area contributed by atoms with E-state index < -0.39 is 12.0 Å². The monoisotopic (exact) mass is 341 g/mol. The molecule has 5 nitrogen and oxygen atoms in total. The standard InChI is InChI=1S/C14H16BrNO4/c1-20-14(19)11-4-2-3-7-16(11)13(18)10-6-5-9(15)8-12(10)17/h5-6,8,11,17H,2-4,7H2,1H3. The lowest BCUT2D eigenvalue weighted by molar-refractivity contribution is -0.147. The summed E-state index contributed by atoms with van der Waals surface area (Å²) in [5, 5.41) is 9.88. The number of hydrogen-bond acceptors (Lipinski definition) is 4. The van der Waals surface area contributed by atoms with E-state index in [1.807, 2.05) is 0 Å². The zero-order valence-electron chi connectivity index (χ0n) is 11.1. The van der Waals surface area contributed by atoms with E-state index in [1.54, 1.807) is 12.1 Å². The molecule has 1 aromatic carbocycles. The van der Waals surface area contributed by atoms with Crippen molar-refractivity contribution in [1.29, 1.82) is 0 Å². The smallest absolute Gasteiger partial charge is 0.328 e. The van der Waals surface area contributed by atoms with Crippen molar-refractivity contribution in [3.8, 4) is 5.75 Å². The normalized spacial score (nSPS) is 18.7. The van der Waals surface area contributed by atoms with Crippen molar-refractivity contribution in [2.75, 3.05) is 13.7 Å². The van der Waals surface area contributed by atoms with Gasteiger partial charge in [0.15, 0.2) is 0 Å². The molecule has 0 bridgehead atoms. The highest BCUT2D eigenvalue weighted by Crippen LogP contribution is 2.27. The second kappa shape index (κ2) is 6.26. The Kier molecular flexibility index (Phi) is 4.65. The van der Waals surface area contributed by atoms with Gasteiger partial charge in [-0.3, -0.25) is 4.79 Å². The van der Waals surface area contributed by atoms with Gasteiger partial charge in [0.2, 0.25) is 0 Å². The quantitative estimate of drug-likeness (QED) is 0.838. The summed E-state index contributed by atoms with van der Waals surface area (Å²) in [6, 6.07) is 4.13. The Morgan fingerprint density at radius 1 is 1.40 bits per heavy atom. The summed E-state index contributed by atoms with van der Waals surface area (Å²) in [7, 11) is 1.32. The van der Waals surface area contributed by atoms with Crippen molar-refractivity contribution in [3.05, 3.63) is 28.2 Å². The van der Waals surface area contributed by atoms with E-state index in [-0.39, 0.29) is 17.2 Å². The molecule has 1 unspecified atom stereocenters. The lowest BCUT2D eigenvalue weighted by Gasteiger charge is -2.33. The molecule has 0 saturated carbocycles. The summed E-state index contributed by atoms with van der Waals surface area (Å²) in [6.45, 7) is 0.494. The van der Waals surface area contributed by atoms with E-state index in [0.29, 0.717) is 17.4 Å². The molecular weight excluding hydrogens is 326 g/mol. The number of carbonyl (C=O) groups excluding carboxylic acids is 2. The molecule has 0 spiro atoms. The number of halogens is 1. The van der Waals surface area contributed by atoms with Gasteiger partial charge in [0.05, 0.1) is 12.7 Å². The lowest BCUT2D eigenvalue weighted by Crippen LogP contribution is -2.48. The Labute approximate surface area is 125 Å². The molecule has 1 amide bonds. The summed E-state index contributed by atoms with van der Waals surface area (Å²) in [4.78, 5) is 25.8. The molecule has 1 N–H and O–H groups in total. The van der Waals surface area contributed by atoms with Crippen LogP contribution >= 0.6 is 15.9 Å². The Morgan fingerprint density at radius 2 is 2.15 bits per heavy atom. The topological polar surface area (TPSA) is 66.8 Å². The average molecular weight is 342 g/mol. The SMILES string of the molecule is COC(=O)C1CCCCN1C(=O)c1ccc(Br)cc1O. The molecule has 0 aromatic heterocycles. The van der Waals surface area contributed by atoms with Crippen molar-refractivity contribution < 1.29 is 19.4 Å². The minimum Gasteiger partial charge on any atom is -0.507 e. The number of nitrogens with zero attached hydrogens (tertiary/aromatic N) is 1. The lowest BCUT2D eigenvalue weighted by atomic mass is 10.0. The van der Waals surface area contributed by atoms with Crippen molar-refractivity contribution in [1.82, 2.24) is 4.90 Å². The van der Waals surface area contributed by atoms with Gasteiger partial charge in [-0.2, -0.15) is 0 Å². The number of aromatic hydroxyl groups is 1. The highest BCUT2D eigenvalue weighted by Gasteiger charge is 2.34. The highest BCUT2D eigenvalue weighted by molar-refractivity contribution is 9.10. The second-order valence-corrected chi connectivity index (χ2v) is 5.61. The van der Waals surface area contributed by atoms with Crippen LogP contribution in [0.5, 0.6) is 5.75 Å². The summed E-state index contributed by atoms with van der Waals surface area (Å²) in [6.07, 6.45) is 2.32. The molecule has 0 aliphatic carbocycles. The Hall–Kier alpha value is -1.56. The van der Waals surface area contributed by atoms with Gasteiger partial charge in [-0.25, -0.2) is 4.79 Å². The fourth-order valence-electron chi connectivity index (χ4n) is 2.40. The summed E-state index contributed by atoms with van der Waals surface area (Å²) >= 11 is 3.23. The number of esters is 1.